The minimum absolute atomic E-state index is 0.0900. The van der Waals surface area contributed by atoms with Gasteiger partial charge in [0.1, 0.15) is 4.32 Å². The van der Waals surface area contributed by atoms with Crippen LogP contribution in [0.1, 0.15) is 31.2 Å². The summed E-state index contributed by atoms with van der Waals surface area (Å²) in [5.41, 5.74) is 0.839. The fourth-order valence-corrected chi connectivity index (χ4v) is 3.91. The van der Waals surface area contributed by atoms with E-state index in [0.29, 0.717) is 33.7 Å². The van der Waals surface area contributed by atoms with Crippen LogP contribution in [0.5, 0.6) is 11.5 Å². The minimum atomic E-state index is -0.210. The first-order chi connectivity index (χ1) is 13.0. The molecule has 0 aliphatic carbocycles. The van der Waals surface area contributed by atoms with Gasteiger partial charge in [0, 0.05) is 13.0 Å². The van der Waals surface area contributed by atoms with Crippen molar-refractivity contribution in [3.8, 4) is 11.5 Å². The highest BCUT2D eigenvalue weighted by Crippen LogP contribution is 2.34. The lowest BCUT2D eigenvalue weighted by atomic mass is 10.1. The first-order valence-corrected chi connectivity index (χ1v) is 9.76. The molecule has 0 bridgehead atoms. The topological polar surface area (TPSA) is 65.1 Å². The molecular weight excluding hydrogens is 386 g/mol. The van der Waals surface area contributed by atoms with Gasteiger partial charge in [-0.05, 0) is 36.6 Å². The molecule has 0 spiro atoms. The molecule has 6 nitrogen and oxygen atoms in total. The fourth-order valence-electron chi connectivity index (χ4n) is 2.60. The number of rotatable bonds is 9. The smallest absolute Gasteiger partial charge is 0.305 e. The zero-order valence-electron chi connectivity index (χ0n) is 15.6. The highest BCUT2D eigenvalue weighted by molar-refractivity contribution is 8.26. The van der Waals surface area contributed by atoms with Crippen molar-refractivity contribution in [3.63, 3.8) is 0 Å². The summed E-state index contributed by atoms with van der Waals surface area (Å²) < 4.78 is 15.7. The molecule has 0 unspecified atom stereocenters. The zero-order chi connectivity index (χ0) is 19.8. The molecule has 0 saturated carbocycles. The Kier molecular flexibility index (Phi) is 8.12. The Bertz CT molecular complexity index is 748. The third kappa shape index (κ3) is 5.71. The van der Waals surface area contributed by atoms with Crippen molar-refractivity contribution in [2.24, 2.45) is 0 Å². The van der Waals surface area contributed by atoms with Crippen LogP contribution in [0, 0.1) is 0 Å². The van der Waals surface area contributed by atoms with E-state index in [1.807, 2.05) is 12.1 Å². The van der Waals surface area contributed by atoms with Gasteiger partial charge in [-0.3, -0.25) is 14.5 Å². The van der Waals surface area contributed by atoms with Gasteiger partial charge in [0.2, 0.25) is 0 Å². The van der Waals surface area contributed by atoms with Crippen molar-refractivity contribution in [3.05, 3.63) is 28.7 Å². The number of ether oxygens (including phenoxy) is 3. The van der Waals surface area contributed by atoms with E-state index >= 15 is 0 Å². The van der Waals surface area contributed by atoms with Crippen LogP contribution in [0.2, 0.25) is 0 Å². The number of esters is 1. The van der Waals surface area contributed by atoms with Crippen LogP contribution < -0.4 is 9.47 Å². The lowest BCUT2D eigenvalue weighted by molar-refractivity contribution is -0.140. The Morgan fingerprint density at radius 3 is 2.56 bits per heavy atom. The Balaban J connectivity index is 1.96. The second-order valence-corrected chi connectivity index (χ2v) is 7.51. The summed E-state index contributed by atoms with van der Waals surface area (Å²) in [6.07, 6.45) is 4.56. The maximum atomic E-state index is 12.6. The molecule has 146 valence electrons. The number of nitrogens with zero attached hydrogens (tertiary/aromatic N) is 1. The van der Waals surface area contributed by atoms with Gasteiger partial charge in [-0.15, -0.1) is 0 Å². The molecule has 1 amide bonds. The first kappa shape index (κ1) is 21.2. The predicted octanol–water partition coefficient (Wildman–Crippen LogP) is 3.64. The molecular formula is C19H23NO5S2. The largest absolute Gasteiger partial charge is 0.493 e. The monoisotopic (exact) mass is 409 g/mol. The summed E-state index contributed by atoms with van der Waals surface area (Å²) >= 11 is 6.64. The summed E-state index contributed by atoms with van der Waals surface area (Å²) in [5, 5.41) is 0. The summed E-state index contributed by atoms with van der Waals surface area (Å²) in [6.45, 7) is 0.551. The number of carbonyl (C=O) groups is 2. The van der Waals surface area contributed by atoms with Gasteiger partial charge >= 0.3 is 5.97 Å². The number of benzene rings is 1. The number of thioether (sulfide) groups is 1. The number of thiocarbonyl (C=S) groups is 1. The van der Waals surface area contributed by atoms with E-state index in [0.717, 1.165) is 24.8 Å². The SMILES string of the molecule is COC(=O)CCCCCN1C(=O)/C(=C\c2ccc(OC)c(OC)c2)SC1=S. The first-order valence-electron chi connectivity index (χ1n) is 8.54. The molecule has 0 atom stereocenters. The normalized spacial score (nSPS) is 15.4. The minimum Gasteiger partial charge on any atom is -0.493 e. The van der Waals surface area contributed by atoms with Crippen LogP contribution >= 0.6 is 24.0 Å². The van der Waals surface area contributed by atoms with Crippen LogP contribution in [-0.2, 0) is 14.3 Å². The quantitative estimate of drug-likeness (QED) is 0.267. The third-order valence-electron chi connectivity index (χ3n) is 4.07. The van der Waals surface area contributed by atoms with E-state index in [4.69, 9.17) is 21.7 Å². The molecule has 1 aliphatic rings. The average molecular weight is 410 g/mol. The summed E-state index contributed by atoms with van der Waals surface area (Å²) in [4.78, 5) is 25.9. The van der Waals surface area contributed by atoms with Crippen LogP contribution in [0.4, 0.5) is 0 Å². The van der Waals surface area contributed by atoms with Crippen LogP contribution in [0.3, 0.4) is 0 Å². The van der Waals surface area contributed by atoms with Gasteiger partial charge in [-0.25, -0.2) is 0 Å². The number of hydrogen-bond acceptors (Lipinski definition) is 7. The van der Waals surface area contributed by atoms with Crippen molar-refractivity contribution >= 4 is 46.3 Å². The lowest BCUT2D eigenvalue weighted by Gasteiger charge is -2.13. The van der Waals surface area contributed by atoms with Crippen molar-refractivity contribution in [1.82, 2.24) is 4.90 Å². The zero-order valence-corrected chi connectivity index (χ0v) is 17.3. The van der Waals surface area contributed by atoms with Crippen molar-refractivity contribution in [1.29, 1.82) is 0 Å². The van der Waals surface area contributed by atoms with Gasteiger partial charge in [-0.1, -0.05) is 36.5 Å². The van der Waals surface area contributed by atoms with Gasteiger partial charge < -0.3 is 14.2 Å². The fraction of sp³-hybridized carbons (Fsp3) is 0.421. The highest BCUT2D eigenvalue weighted by Gasteiger charge is 2.31. The molecule has 1 fully saturated rings. The van der Waals surface area contributed by atoms with E-state index in [1.165, 1.54) is 18.9 Å². The number of methoxy groups -OCH3 is 3. The van der Waals surface area contributed by atoms with Gasteiger partial charge in [0.15, 0.2) is 11.5 Å². The van der Waals surface area contributed by atoms with Gasteiger partial charge in [0.25, 0.3) is 5.91 Å². The van der Waals surface area contributed by atoms with Crippen molar-refractivity contribution in [2.45, 2.75) is 25.7 Å². The molecule has 1 aromatic rings. The van der Waals surface area contributed by atoms with Crippen molar-refractivity contribution in [2.75, 3.05) is 27.9 Å². The number of carbonyl (C=O) groups excluding carboxylic acids is 2. The van der Waals surface area contributed by atoms with E-state index in [9.17, 15) is 9.59 Å². The Morgan fingerprint density at radius 1 is 1.15 bits per heavy atom. The Morgan fingerprint density at radius 2 is 1.89 bits per heavy atom. The van der Waals surface area contributed by atoms with E-state index in [2.05, 4.69) is 4.74 Å². The molecule has 1 saturated heterocycles. The number of hydrogen-bond donors (Lipinski definition) is 0. The maximum Gasteiger partial charge on any atom is 0.305 e. The second-order valence-electron chi connectivity index (χ2n) is 5.83. The van der Waals surface area contributed by atoms with Gasteiger partial charge in [-0.2, -0.15) is 0 Å². The van der Waals surface area contributed by atoms with Crippen LogP contribution in [-0.4, -0.2) is 49.0 Å². The van der Waals surface area contributed by atoms with E-state index in [1.54, 1.807) is 31.3 Å². The molecule has 0 aromatic heterocycles. The predicted molar refractivity (Wildman–Crippen MR) is 110 cm³/mol. The third-order valence-corrected chi connectivity index (χ3v) is 5.45. The van der Waals surface area contributed by atoms with Crippen molar-refractivity contribution < 1.29 is 23.8 Å². The van der Waals surface area contributed by atoms with E-state index in [-0.39, 0.29) is 11.9 Å². The molecule has 1 aliphatic heterocycles. The Hall–Kier alpha value is -2.06. The molecule has 1 heterocycles. The summed E-state index contributed by atoms with van der Waals surface area (Å²) in [5.74, 6) is 0.938. The van der Waals surface area contributed by atoms with Crippen LogP contribution in [0.25, 0.3) is 6.08 Å². The summed E-state index contributed by atoms with van der Waals surface area (Å²) in [6, 6.07) is 5.48. The molecule has 27 heavy (non-hydrogen) atoms. The average Bonchev–Trinajstić information content (AvgIpc) is 2.94. The number of unbranched alkanes of at least 4 members (excludes halogenated alkanes) is 2. The second kappa shape index (κ2) is 10.3. The molecule has 0 radical (unpaired) electrons. The molecule has 8 heteroatoms. The standard InChI is InChI=1S/C19H23NO5S2/c1-23-14-9-8-13(11-15(14)24-2)12-16-18(22)20(19(26)27-16)10-6-4-5-7-17(21)25-3/h8-9,11-12H,4-7,10H2,1-3H3/b16-12+. The highest BCUT2D eigenvalue weighted by atomic mass is 32.2. The molecule has 2 rings (SSSR count). The van der Waals surface area contributed by atoms with E-state index < -0.39 is 0 Å². The maximum absolute atomic E-state index is 12.6. The number of amides is 1. The summed E-state index contributed by atoms with van der Waals surface area (Å²) in [7, 11) is 4.53. The van der Waals surface area contributed by atoms with Gasteiger partial charge in [0.05, 0.1) is 26.2 Å². The Labute approximate surface area is 168 Å². The molecule has 0 N–H and O–H groups in total. The lowest BCUT2D eigenvalue weighted by Crippen LogP contribution is -2.29. The molecule has 1 aromatic carbocycles. The van der Waals surface area contributed by atoms with Crippen LogP contribution in [0.15, 0.2) is 23.1 Å².